The van der Waals surface area contributed by atoms with Crippen LogP contribution in [-0.2, 0) is 0 Å². The van der Waals surface area contributed by atoms with E-state index in [2.05, 4.69) is 15.6 Å². The highest BCUT2D eigenvalue weighted by Gasteiger charge is 2.13. The normalized spacial score (nSPS) is 10.2. The minimum atomic E-state index is -0.369. The highest BCUT2D eigenvalue weighted by molar-refractivity contribution is 6.10. The van der Waals surface area contributed by atoms with Crippen molar-refractivity contribution in [1.82, 2.24) is 4.98 Å². The highest BCUT2D eigenvalue weighted by atomic mass is 16.2. The molecule has 0 radical (unpaired) electrons. The maximum Gasteiger partial charge on any atom is 0.255 e. The predicted molar refractivity (Wildman–Crippen MR) is 115 cm³/mol. The molecule has 144 valence electrons. The Labute approximate surface area is 172 Å². The van der Waals surface area contributed by atoms with Gasteiger partial charge < -0.3 is 10.6 Å². The zero-order valence-corrected chi connectivity index (χ0v) is 15.8. The fourth-order valence-corrected chi connectivity index (χ4v) is 3.07. The molecule has 0 aliphatic rings. The Hall–Kier alpha value is -4.50. The first-order valence-electron chi connectivity index (χ1n) is 9.21. The monoisotopic (exact) mass is 392 g/mol. The molecule has 0 unspecified atom stereocenters. The molecule has 4 rings (SSSR count). The summed E-state index contributed by atoms with van der Waals surface area (Å²) in [6, 6.07) is 24.4. The molecule has 6 heteroatoms. The van der Waals surface area contributed by atoms with Crippen molar-refractivity contribution in [3.63, 3.8) is 0 Å². The Balaban J connectivity index is 1.54. The predicted octanol–water partition coefficient (Wildman–Crippen LogP) is 4.61. The first-order chi connectivity index (χ1) is 14.6. The van der Waals surface area contributed by atoms with Crippen molar-refractivity contribution in [3.05, 3.63) is 102 Å². The van der Waals surface area contributed by atoms with Crippen molar-refractivity contribution >= 4 is 34.1 Å². The summed E-state index contributed by atoms with van der Waals surface area (Å²) in [4.78, 5) is 29.7. The van der Waals surface area contributed by atoms with Crippen molar-refractivity contribution in [2.45, 2.75) is 0 Å². The molecular formula is C24H16N4O2. The molecule has 2 amide bonds. The van der Waals surface area contributed by atoms with Crippen molar-refractivity contribution in [3.8, 4) is 6.07 Å². The quantitative estimate of drug-likeness (QED) is 0.530. The van der Waals surface area contributed by atoms with Crippen molar-refractivity contribution in [2.75, 3.05) is 10.6 Å². The number of nitriles is 1. The number of carbonyl (C=O) groups is 2. The maximum atomic E-state index is 12.8. The topological polar surface area (TPSA) is 94.9 Å². The zero-order valence-electron chi connectivity index (χ0n) is 15.8. The number of para-hydroxylation sites is 1. The fourth-order valence-electron chi connectivity index (χ4n) is 3.07. The van der Waals surface area contributed by atoms with Gasteiger partial charge in [-0.1, -0.05) is 30.3 Å². The van der Waals surface area contributed by atoms with Gasteiger partial charge in [-0.2, -0.15) is 5.26 Å². The molecule has 1 heterocycles. The molecule has 0 fully saturated rings. The Morgan fingerprint density at radius 2 is 1.50 bits per heavy atom. The van der Waals surface area contributed by atoms with Gasteiger partial charge in [0.15, 0.2) is 0 Å². The molecule has 0 aliphatic carbocycles. The number of aromatic nitrogens is 1. The van der Waals surface area contributed by atoms with E-state index < -0.39 is 0 Å². The number of benzene rings is 3. The molecule has 0 saturated heterocycles. The minimum Gasteiger partial charge on any atom is -0.322 e. The third-order valence-corrected chi connectivity index (χ3v) is 4.52. The van der Waals surface area contributed by atoms with Crippen LogP contribution in [0.15, 0.2) is 85.1 Å². The van der Waals surface area contributed by atoms with Gasteiger partial charge in [0.2, 0.25) is 0 Å². The number of carbonyl (C=O) groups excluding carboxylic acids is 2. The molecule has 0 saturated carbocycles. The van der Waals surface area contributed by atoms with E-state index in [1.54, 1.807) is 54.7 Å². The number of hydrogen-bond donors (Lipinski definition) is 2. The molecule has 0 bridgehead atoms. The molecule has 0 aliphatic heterocycles. The second-order valence-corrected chi connectivity index (χ2v) is 6.56. The van der Waals surface area contributed by atoms with Crippen LogP contribution in [0.4, 0.5) is 11.4 Å². The van der Waals surface area contributed by atoms with Gasteiger partial charge in [-0.3, -0.25) is 14.6 Å². The van der Waals surface area contributed by atoms with E-state index in [-0.39, 0.29) is 11.8 Å². The van der Waals surface area contributed by atoms with Crippen LogP contribution in [-0.4, -0.2) is 16.8 Å². The molecule has 1 aromatic heterocycles. The average molecular weight is 392 g/mol. The molecule has 6 nitrogen and oxygen atoms in total. The number of pyridine rings is 1. The van der Waals surface area contributed by atoms with Gasteiger partial charge in [0.25, 0.3) is 11.8 Å². The number of hydrogen-bond acceptors (Lipinski definition) is 4. The lowest BCUT2D eigenvalue weighted by atomic mass is 10.1. The van der Waals surface area contributed by atoms with Crippen LogP contribution in [0.5, 0.6) is 0 Å². The largest absolute Gasteiger partial charge is 0.322 e. The first-order valence-corrected chi connectivity index (χ1v) is 9.21. The third kappa shape index (κ3) is 4.01. The summed E-state index contributed by atoms with van der Waals surface area (Å²) in [5.74, 6) is -0.708. The lowest BCUT2D eigenvalue weighted by molar-refractivity contribution is 0.102. The van der Waals surface area contributed by atoms with Gasteiger partial charge in [-0.25, -0.2) is 0 Å². The summed E-state index contributed by atoms with van der Waals surface area (Å²) in [7, 11) is 0. The van der Waals surface area contributed by atoms with E-state index in [4.69, 9.17) is 5.26 Å². The molecular weight excluding hydrogens is 376 g/mol. The second kappa shape index (κ2) is 8.25. The zero-order chi connectivity index (χ0) is 20.9. The Morgan fingerprint density at radius 1 is 0.800 bits per heavy atom. The Morgan fingerprint density at radius 3 is 2.30 bits per heavy atom. The number of amides is 2. The highest BCUT2D eigenvalue weighted by Crippen LogP contribution is 2.21. The maximum absolute atomic E-state index is 12.8. The van der Waals surface area contributed by atoms with Crippen LogP contribution < -0.4 is 10.6 Å². The van der Waals surface area contributed by atoms with Crippen molar-refractivity contribution in [1.29, 1.82) is 5.26 Å². The van der Waals surface area contributed by atoms with Gasteiger partial charge in [-0.05, 0) is 48.5 Å². The van der Waals surface area contributed by atoms with E-state index in [1.807, 2.05) is 30.3 Å². The van der Waals surface area contributed by atoms with Gasteiger partial charge in [0, 0.05) is 28.4 Å². The molecule has 0 spiro atoms. The van der Waals surface area contributed by atoms with Gasteiger partial charge in [0.05, 0.1) is 22.8 Å². The van der Waals surface area contributed by atoms with E-state index in [9.17, 15) is 9.59 Å². The van der Waals surface area contributed by atoms with Crippen LogP contribution in [0.2, 0.25) is 0 Å². The van der Waals surface area contributed by atoms with Crippen molar-refractivity contribution in [2.24, 2.45) is 0 Å². The SMILES string of the molecule is N#Cc1cccc(NC(=O)c2cccc(C(=O)Nc3cccc4cccnc34)c2)c1. The third-order valence-electron chi connectivity index (χ3n) is 4.52. The summed E-state index contributed by atoms with van der Waals surface area (Å²) in [5, 5.41) is 15.5. The Bertz CT molecular complexity index is 1300. The number of fused-ring (bicyclic) bond motifs is 1. The summed E-state index contributed by atoms with van der Waals surface area (Å²) < 4.78 is 0. The molecule has 2 N–H and O–H groups in total. The molecule has 3 aromatic carbocycles. The van der Waals surface area contributed by atoms with Crippen LogP contribution in [0.25, 0.3) is 10.9 Å². The fraction of sp³-hybridized carbons (Fsp3) is 0. The standard InChI is InChI=1S/C24H16N4O2/c25-15-16-5-1-10-20(13-16)27-23(29)18-7-2-8-19(14-18)24(30)28-21-11-3-6-17-9-4-12-26-22(17)21/h1-14H,(H,27,29)(H,28,30). The first kappa shape index (κ1) is 18.8. The van der Waals surface area contributed by atoms with Gasteiger partial charge >= 0.3 is 0 Å². The van der Waals surface area contributed by atoms with E-state index in [0.717, 1.165) is 5.39 Å². The van der Waals surface area contributed by atoms with E-state index >= 15 is 0 Å². The van der Waals surface area contributed by atoms with E-state index in [0.29, 0.717) is 33.6 Å². The van der Waals surface area contributed by atoms with Crippen LogP contribution in [0.1, 0.15) is 26.3 Å². The van der Waals surface area contributed by atoms with Crippen molar-refractivity contribution < 1.29 is 9.59 Å². The van der Waals surface area contributed by atoms with Crippen LogP contribution in [0, 0.1) is 11.3 Å². The molecule has 30 heavy (non-hydrogen) atoms. The number of anilines is 2. The summed E-state index contributed by atoms with van der Waals surface area (Å²) in [6.07, 6.45) is 1.67. The van der Waals surface area contributed by atoms with Crippen LogP contribution in [0.3, 0.4) is 0 Å². The van der Waals surface area contributed by atoms with E-state index in [1.165, 1.54) is 6.07 Å². The van der Waals surface area contributed by atoms with Gasteiger partial charge in [0.1, 0.15) is 0 Å². The smallest absolute Gasteiger partial charge is 0.255 e. The van der Waals surface area contributed by atoms with Crippen LogP contribution >= 0.6 is 0 Å². The lowest BCUT2D eigenvalue weighted by Crippen LogP contribution is -2.15. The second-order valence-electron chi connectivity index (χ2n) is 6.56. The van der Waals surface area contributed by atoms with Gasteiger partial charge in [-0.15, -0.1) is 0 Å². The molecule has 4 aromatic rings. The summed E-state index contributed by atoms with van der Waals surface area (Å²) in [5.41, 5.74) is 2.93. The number of nitrogens with zero attached hydrogens (tertiary/aromatic N) is 2. The summed E-state index contributed by atoms with van der Waals surface area (Å²) >= 11 is 0. The lowest BCUT2D eigenvalue weighted by Gasteiger charge is -2.10. The molecule has 0 atom stereocenters. The number of nitrogens with one attached hydrogen (secondary N) is 2. The Kier molecular flexibility index (Phi) is 5.18. The number of rotatable bonds is 4. The minimum absolute atomic E-state index is 0.334. The average Bonchev–Trinajstić information content (AvgIpc) is 2.79. The summed E-state index contributed by atoms with van der Waals surface area (Å²) in [6.45, 7) is 0.